The van der Waals surface area contributed by atoms with Crippen molar-refractivity contribution in [3.05, 3.63) is 95.9 Å². The Balaban J connectivity index is 1.56. The fraction of sp³-hybridized carbons (Fsp3) is 0.167. The number of amides is 2. The lowest BCUT2D eigenvalue weighted by Crippen LogP contribution is -2.28. The summed E-state index contributed by atoms with van der Waals surface area (Å²) >= 11 is 0. The molecule has 4 rings (SSSR count). The lowest BCUT2D eigenvalue weighted by molar-refractivity contribution is 0.251. The van der Waals surface area contributed by atoms with Crippen LogP contribution in [0.4, 0.5) is 10.5 Å². The molecule has 30 heavy (non-hydrogen) atoms. The first-order valence-electron chi connectivity index (χ1n) is 10.1. The molecule has 2 heterocycles. The SMILES string of the molecule is CCc1ccc(NC(=O)NCc2c(C)nn(-c3ccccc3)c2-n2cccc2)cc1. The zero-order valence-electron chi connectivity index (χ0n) is 17.2. The van der Waals surface area contributed by atoms with Crippen LogP contribution in [0.2, 0.25) is 0 Å². The van der Waals surface area contributed by atoms with E-state index < -0.39 is 0 Å². The Morgan fingerprint density at radius 2 is 1.67 bits per heavy atom. The maximum Gasteiger partial charge on any atom is 0.319 e. The van der Waals surface area contributed by atoms with Gasteiger partial charge in [-0.3, -0.25) is 0 Å². The molecule has 0 aliphatic rings. The van der Waals surface area contributed by atoms with Crippen LogP contribution in [-0.2, 0) is 13.0 Å². The van der Waals surface area contributed by atoms with Gasteiger partial charge >= 0.3 is 6.03 Å². The number of rotatable bonds is 6. The third kappa shape index (κ3) is 4.12. The number of aromatic nitrogens is 3. The van der Waals surface area contributed by atoms with E-state index in [0.717, 1.165) is 34.9 Å². The zero-order chi connectivity index (χ0) is 20.9. The monoisotopic (exact) mass is 399 g/mol. The summed E-state index contributed by atoms with van der Waals surface area (Å²) in [7, 11) is 0. The predicted molar refractivity (Wildman–Crippen MR) is 119 cm³/mol. The van der Waals surface area contributed by atoms with E-state index in [1.807, 2.05) is 95.3 Å². The van der Waals surface area contributed by atoms with Crippen LogP contribution in [0.15, 0.2) is 79.1 Å². The highest BCUT2D eigenvalue weighted by molar-refractivity contribution is 5.89. The van der Waals surface area contributed by atoms with Gasteiger partial charge in [0, 0.05) is 23.6 Å². The number of hydrogen-bond donors (Lipinski definition) is 2. The quantitative estimate of drug-likeness (QED) is 0.487. The number of nitrogens with zero attached hydrogens (tertiary/aromatic N) is 3. The number of hydrogen-bond acceptors (Lipinski definition) is 2. The zero-order valence-corrected chi connectivity index (χ0v) is 17.2. The summed E-state index contributed by atoms with van der Waals surface area (Å²) in [6.45, 7) is 4.44. The summed E-state index contributed by atoms with van der Waals surface area (Å²) in [4.78, 5) is 12.5. The average Bonchev–Trinajstić information content (AvgIpc) is 3.41. The Kier molecular flexibility index (Phi) is 5.66. The Morgan fingerprint density at radius 3 is 2.33 bits per heavy atom. The second kappa shape index (κ2) is 8.69. The van der Waals surface area contributed by atoms with Crippen LogP contribution in [0.1, 0.15) is 23.7 Å². The van der Waals surface area contributed by atoms with Crippen molar-refractivity contribution in [3.63, 3.8) is 0 Å². The van der Waals surface area contributed by atoms with Crippen LogP contribution in [0.25, 0.3) is 11.5 Å². The first kappa shape index (κ1) is 19.5. The summed E-state index contributed by atoms with van der Waals surface area (Å²) in [6, 6.07) is 21.6. The molecular weight excluding hydrogens is 374 g/mol. The molecule has 0 saturated heterocycles. The van der Waals surface area contributed by atoms with Crippen LogP contribution in [0.3, 0.4) is 0 Å². The van der Waals surface area contributed by atoms with Crippen LogP contribution in [0, 0.1) is 6.92 Å². The molecule has 2 aromatic heterocycles. The molecule has 0 atom stereocenters. The van der Waals surface area contributed by atoms with Crippen molar-refractivity contribution < 1.29 is 4.79 Å². The molecular formula is C24H25N5O. The van der Waals surface area contributed by atoms with E-state index in [2.05, 4.69) is 17.6 Å². The minimum atomic E-state index is -0.246. The summed E-state index contributed by atoms with van der Waals surface area (Å²) in [5, 5.41) is 10.6. The Bertz CT molecular complexity index is 1110. The predicted octanol–water partition coefficient (Wildman–Crippen LogP) is 4.86. The van der Waals surface area contributed by atoms with Crippen LogP contribution in [0.5, 0.6) is 0 Å². The second-order valence-electron chi connectivity index (χ2n) is 7.08. The summed E-state index contributed by atoms with van der Waals surface area (Å²) in [5.74, 6) is 0.913. The molecule has 6 nitrogen and oxygen atoms in total. The number of aryl methyl sites for hydroxylation is 2. The molecule has 0 radical (unpaired) electrons. The van der Waals surface area contributed by atoms with E-state index in [-0.39, 0.29) is 6.03 Å². The number of carbonyl (C=O) groups is 1. The van der Waals surface area contributed by atoms with Gasteiger partial charge < -0.3 is 15.2 Å². The molecule has 0 unspecified atom stereocenters. The van der Waals surface area contributed by atoms with Crippen molar-refractivity contribution in [2.75, 3.05) is 5.32 Å². The molecule has 152 valence electrons. The fourth-order valence-corrected chi connectivity index (χ4v) is 3.41. The van der Waals surface area contributed by atoms with Gasteiger partial charge in [0.1, 0.15) is 5.82 Å². The highest BCUT2D eigenvalue weighted by Crippen LogP contribution is 2.23. The van der Waals surface area contributed by atoms with Crippen LogP contribution < -0.4 is 10.6 Å². The highest BCUT2D eigenvalue weighted by atomic mass is 16.2. The molecule has 2 N–H and O–H groups in total. The van der Waals surface area contributed by atoms with Gasteiger partial charge in [0.15, 0.2) is 0 Å². The fourth-order valence-electron chi connectivity index (χ4n) is 3.41. The van der Waals surface area contributed by atoms with Crippen molar-refractivity contribution in [1.82, 2.24) is 19.7 Å². The Labute approximate surface area is 176 Å². The molecule has 4 aromatic rings. The smallest absolute Gasteiger partial charge is 0.319 e. The van der Waals surface area contributed by atoms with E-state index in [1.54, 1.807) is 0 Å². The largest absolute Gasteiger partial charge is 0.334 e. The van der Waals surface area contributed by atoms with Gasteiger partial charge in [-0.1, -0.05) is 37.3 Å². The van der Waals surface area contributed by atoms with Crippen LogP contribution in [-0.4, -0.2) is 20.4 Å². The van der Waals surface area contributed by atoms with Gasteiger partial charge in [-0.2, -0.15) is 5.10 Å². The van der Waals surface area contributed by atoms with E-state index in [4.69, 9.17) is 5.10 Å². The molecule has 0 spiro atoms. The van der Waals surface area contributed by atoms with E-state index >= 15 is 0 Å². The lowest BCUT2D eigenvalue weighted by Gasteiger charge is -2.12. The number of anilines is 1. The molecule has 2 aromatic carbocycles. The molecule has 0 aliphatic carbocycles. The maximum atomic E-state index is 12.5. The van der Waals surface area contributed by atoms with Crippen molar-refractivity contribution in [2.45, 2.75) is 26.8 Å². The van der Waals surface area contributed by atoms with Gasteiger partial charge in [0.25, 0.3) is 0 Å². The first-order chi connectivity index (χ1) is 14.7. The van der Waals surface area contributed by atoms with Crippen molar-refractivity contribution in [1.29, 1.82) is 0 Å². The number of urea groups is 1. The topological polar surface area (TPSA) is 63.9 Å². The summed E-state index contributed by atoms with van der Waals surface area (Å²) in [6.07, 6.45) is 4.93. The molecule has 2 amide bonds. The maximum absolute atomic E-state index is 12.5. The minimum Gasteiger partial charge on any atom is -0.334 e. The lowest BCUT2D eigenvalue weighted by atomic mass is 10.1. The second-order valence-corrected chi connectivity index (χ2v) is 7.08. The number of benzene rings is 2. The minimum absolute atomic E-state index is 0.246. The summed E-state index contributed by atoms with van der Waals surface area (Å²) in [5.41, 5.74) is 4.81. The van der Waals surface area contributed by atoms with Crippen molar-refractivity contribution >= 4 is 11.7 Å². The molecule has 0 fully saturated rings. The molecule has 6 heteroatoms. The van der Waals surface area contributed by atoms with Gasteiger partial charge in [0.05, 0.1) is 17.9 Å². The number of nitrogens with one attached hydrogen (secondary N) is 2. The Morgan fingerprint density at radius 1 is 0.967 bits per heavy atom. The van der Waals surface area contributed by atoms with E-state index in [1.165, 1.54) is 5.56 Å². The standard InChI is InChI=1S/C24H25N5O/c1-3-19-11-13-20(14-12-19)26-24(30)25-17-22-18(2)27-29(21-9-5-4-6-10-21)23(22)28-15-7-8-16-28/h4-16H,3,17H2,1-2H3,(H2,25,26,30). The van der Waals surface area contributed by atoms with Gasteiger partial charge in [0.2, 0.25) is 0 Å². The third-order valence-electron chi connectivity index (χ3n) is 5.05. The number of para-hydroxylation sites is 1. The van der Waals surface area contributed by atoms with E-state index in [9.17, 15) is 4.79 Å². The number of carbonyl (C=O) groups excluding carboxylic acids is 1. The van der Waals surface area contributed by atoms with Gasteiger partial charge in [-0.15, -0.1) is 0 Å². The van der Waals surface area contributed by atoms with Crippen molar-refractivity contribution in [2.24, 2.45) is 0 Å². The molecule has 0 saturated carbocycles. The Hall–Kier alpha value is -3.80. The molecule has 0 aliphatic heterocycles. The van der Waals surface area contributed by atoms with Crippen LogP contribution >= 0.6 is 0 Å². The van der Waals surface area contributed by atoms with Gasteiger partial charge in [-0.25, -0.2) is 9.48 Å². The average molecular weight is 399 g/mol. The first-order valence-corrected chi connectivity index (χ1v) is 10.1. The van der Waals surface area contributed by atoms with Gasteiger partial charge in [-0.05, 0) is 55.3 Å². The van der Waals surface area contributed by atoms with E-state index in [0.29, 0.717) is 6.54 Å². The van der Waals surface area contributed by atoms with Crippen molar-refractivity contribution in [3.8, 4) is 11.5 Å². The summed E-state index contributed by atoms with van der Waals surface area (Å²) < 4.78 is 3.93. The third-order valence-corrected chi connectivity index (χ3v) is 5.05. The highest BCUT2D eigenvalue weighted by Gasteiger charge is 2.18. The normalized spacial score (nSPS) is 10.7. The molecule has 0 bridgehead atoms.